The third-order valence-corrected chi connectivity index (χ3v) is 5.63. The van der Waals surface area contributed by atoms with Crippen LogP contribution in [0.4, 0.5) is 0 Å². The summed E-state index contributed by atoms with van der Waals surface area (Å²) in [6.45, 7) is 6.50. The van der Waals surface area contributed by atoms with Crippen LogP contribution in [-0.4, -0.2) is 34.7 Å². The lowest BCUT2D eigenvalue weighted by Gasteiger charge is -2.09. The van der Waals surface area contributed by atoms with E-state index in [1.807, 2.05) is 44.2 Å². The maximum absolute atomic E-state index is 13.0. The van der Waals surface area contributed by atoms with Gasteiger partial charge in [-0.2, -0.15) is 5.21 Å². The summed E-state index contributed by atoms with van der Waals surface area (Å²) in [4.78, 5) is 17.3. The smallest absolute Gasteiger partial charge is 0.290 e. The molecule has 3 heterocycles. The van der Waals surface area contributed by atoms with E-state index in [0.29, 0.717) is 17.5 Å². The molecule has 0 unspecified atom stereocenters. The summed E-state index contributed by atoms with van der Waals surface area (Å²) < 4.78 is 3.45. The zero-order valence-electron chi connectivity index (χ0n) is 17.7. The van der Waals surface area contributed by atoms with Gasteiger partial charge in [0.2, 0.25) is 5.82 Å². The molecule has 0 fully saturated rings. The SMILES string of the molecule is CCCc1c(Cl)n(C(C)C)c(=O)n1Cc1ccc(-c2cnccc2-c2nn[nH]n2)cc1. The van der Waals surface area contributed by atoms with Gasteiger partial charge in [-0.3, -0.25) is 14.1 Å². The van der Waals surface area contributed by atoms with Crippen LogP contribution in [0.3, 0.4) is 0 Å². The van der Waals surface area contributed by atoms with Crippen LogP contribution in [0.25, 0.3) is 22.5 Å². The molecular weight excluding hydrogens is 414 g/mol. The number of tetrazole rings is 1. The molecule has 0 aliphatic carbocycles. The molecule has 4 aromatic rings. The Morgan fingerprint density at radius 1 is 1.13 bits per heavy atom. The maximum Gasteiger partial charge on any atom is 0.330 e. The van der Waals surface area contributed by atoms with Gasteiger partial charge in [-0.15, -0.1) is 10.2 Å². The van der Waals surface area contributed by atoms with E-state index in [1.54, 1.807) is 21.5 Å². The van der Waals surface area contributed by atoms with Crippen LogP contribution in [-0.2, 0) is 13.0 Å². The first kappa shape index (κ1) is 21.0. The molecule has 160 valence electrons. The molecule has 0 spiro atoms. The van der Waals surface area contributed by atoms with Crippen molar-refractivity contribution in [2.75, 3.05) is 0 Å². The van der Waals surface area contributed by atoms with Crippen molar-refractivity contribution in [3.63, 3.8) is 0 Å². The first-order valence-corrected chi connectivity index (χ1v) is 10.7. The van der Waals surface area contributed by atoms with Crippen molar-refractivity contribution in [1.29, 1.82) is 0 Å². The van der Waals surface area contributed by atoms with E-state index in [1.165, 1.54) is 0 Å². The molecule has 0 radical (unpaired) electrons. The third-order valence-electron chi connectivity index (χ3n) is 5.23. The standard InChI is InChI=1S/C22H24ClN7O/c1-4-5-19-20(23)30(14(2)3)22(31)29(19)13-15-6-8-16(9-7-15)18-12-24-11-10-17(18)21-25-27-28-26-21/h6-12,14H,4-5,13H2,1-3H3,(H,25,26,27,28). The topological polar surface area (TPSA) is 94.3 Å². The predicted molar refractivity (Wildman–Crippen MR) is 120 cm³/mol. The van der Waals surface area contributed by atoms with E-state index in [-0.39, 0.29) is 11.7 Å². The monoisotopic (exact) mass is 437 g/mol. The minimum atomic E-state index is -0.0702. The minimum absolute atomic E-state index is 0.00775. The van der Waals surface area contributed by atoms with E-state index in [4.69, 9.17) is 11.6 Å². The quantitative estimate of drug-likeness (QED) is 0.469. The number of H-pyrrole nitrogens is 1. The van der Waals surface area contributed by atoms with E-state index in [9.17, 15) is 4.79 Å². The number of nitrogens with one attached hydrogen (secondary N) is 1. The number of halogens is 1. The van der Waals surface area contributed by atoms with Crippen LogP contribution < -0.4 is 5.69 Å². The fourth-order valence-corrected chi connectivity index (χ4v) is 4.20. The minimum Gasteiger partial charge on any atom is -0.290 e. The second-order valence-electron chi connectivity index (χ2n) is 7.67. The van der Waals surface area contributed by atoms with Crippen molar-refractivity contribution in [3.8, 4) is 22.5 Å². The number of benzene rings is 1. The lowest BCUT2D eigenvalue weighted by molar-refractivity contribution is 0.560. The Labute approximate surface area is 184 Å². The summed E-state index contributed by atoms with van der Waals surface area (Å²) in [5, 5.41) is 14.8. The van der Waals surface area contributed by atoms with Crippen LogP contribution >= 0.6 is 11.6 Å². The molecule has 31 heavy (non-hydrogen) atoms. The zero-order valence-corrected chi connectivity index (χ0v) is 18.5. The molecule has 0 aliphatic heterocycles. The fraction of sp³-hybridized carbons (Fsp3) is 0.318. The highest BCUT2D eigenvalue weighted by atomic mass is 35.5. The van der Waals surface area contributed by atoms with Crippen molar-refractivity contribution >= 4 is 11.6 Å². The van der Waals surface area contributed by atoms with Gasteiger partial charge in [-0.05, 0) is 42.7 Å². The molecule has 0 amide bonds. The first-order chi connectivity index (χ1) is 15.0. The van der Waals surface area contributed by atoms with Gasteiger partial charge in [0.15, 0.2) is 0 Å². The highest BCUT2D eigenvalue weighted by Crippen LogP contribution is 2.29. The number of rotatable bonds is 7. The normalized spacial score (nSPS) is 11.4. The Morgan fingerprint density at radius 3 is 2.55 bits per heavy atom. The Bertz CT molecular complexity index is 1220. The van der Waals surface area contributed by atoms with Crippen LogP contribution in [0.15, 0.2) is 47.5 Å². The fourth-order valence-electron chi connectivity index (χ4n) is 3.73. The van der Waals surface area contributed by atoms with Gasteiger partial charge in [0.25, 0.3) is 0 Å². The Balaban J connectivity index is 1.67. The van der Waals surface area contributed by atoms with Crippen LogP contribution in [0.5, 0.6) is 0 Å². The average molecular weight is 438 g/mol. The molecule has 0 bridgehead atoms. The maximum atomic E-state index is 13.0. The molecule has 4 rings (SSSR count). The number of aromatic amines is 1. The van der Waals surface area contributed by atoms with Crippen molar-refractivity contribution in [2.45, 2.75) is 46.2 Å². The summed E-state index contributed by atoms with van der Waals surface area (Å²) in [5.74, 6) is 0.516. The molecule has 8 nitrogen and oxygen atoms in total. The lowest BCUT2D eigenvalue weighted by atomic mass is 10.0. The van der Waals surface area contributed by atoms with E-state index in [0.717, 1.165) is 40.8 Å². The zero-order chi connectivity index (χ0) is 22.0. The molecule has 0 saturated carbocycles. The van der Waals surface area contributed by atoms with Crippen LogP contribution in [0.1, 0.15) is 44.5 Å². The molecule has 0 aliphatic rings. The van der Waals surface area contributed by atoms with Gasteiger partial charge in [0, 0.05) is 29.6 Å². The lowest BCUT2D eigenvalue weighted by Crippen LogP contribution is -2.26. The van der Waals surface area contributed by atoms with Gasteiger partial charge in [-0.1, -0.05) is 49.2 Å². The largest absolute Gasteiger partial charge is 0.330 e. The Morgan fingerprint density at radius 2 is 1.90 bits per heavy atom. The van der Waals surface area contributed by atoms with Crippen molar-refractivity contribution in [2.24, 2.45) is 0 Å². The number of imidazole rings is 1. The van der Waals surface area contributed by atoms with Crippen LogP contribution in [0, 0.1) is 0 Å². The van der Waals surface area contributed by atoms with Crippen molar-refractivity contribution in [1.82, 2.24) is 34.7 Å². The summed E-state index contributed by atoms with van der Waals surface area (Å²) in [5.41, 5.74) is 4.58. The van der Waals surface area contributed by atoms with Crippen molar-refractivity contribution in [3.05, 3.63) is 69.6 Å². The molecule has 1 N–H and O–H groups in total. The number of hydrogen-bond acceptors (Lipinski definition) is 5. The molecule has 9 heteroatoms. The molecule has 3 aromatic heterocycles. The molecule has 1 aromatic carbocycles. The molecule has 0 atom stereocenters. The average Bonchev–Trinajstić information content (AvgIpc) is 3.38. The highest BCUT2D eigenvalue weighted by molar-refractivity contribution is 6.30. The van der Waals surface area contributed by atoms with Gasteiger partial charge < -0.3 is 0 Å². The van der Waals surface area contributed by atoms with Crippen LogP contribution in [0.2, 0.25) is 5.15 Å². The van der Waals surface area contributed by atoms with Gasteiger partial charge in [0.1, 0.15) is 5.15 Å². The predicted octanol–water partition coefficient (Wildman–Crippen LogP) is 4.13. The third kappa shape index (κ3) is 4.03. The van der Waals surface area contributed by atoms with Gasteiger partial charge in [0.05, 0.1) is 12.2 Å². The van der Waals surface area contributed by atoms with Crippen molar-refractivity contribution < 1.29 is 0 Å². The number of hydrogen-bond donors (Lipinski definition) is 1. The number of pyridine rings is 1. The Kier molecular flexibility index (Phi) is 5.99. The van der Waals surface area contributed by atoms with E-state index in [2.05, 4.69) is 32.5 Å². The first-order valence-electron chi connectivity index (χ1n) is 10.3. The van der Waals surface area contributed by atoms with E-state index < -0.39 is 0 Å². The highest BCUT2D eigenvalue weighted by Gasteiger charge is 2.20. The van der Waals surface area contributed by atoms with E-state index >= 15 is 0 Å². The van der Waals surface area contributed by atoms with Gasteiger partial charge >= 0.3 is 5.69 Å². The number of nitrogens with zero attached hydrogens (tertiary/aromatic N) is 6. The Hall–Kier alpha value is -3.26. The summed E-state index contributed by atoms with van der Waals surface area (Å²) in [7, 11) is 0. The molecular formula is C22H24ClN7O. The second kappa shape index (κ2) is 8.85. The van der Waals surface area contributed by atoms with Gasteiger partial charge in [-0.25, -0.2) is 4.79 Å². The summed E-state index contributed by atoms with van der Waals surface area (Å²) in [6.07, 6.45) is 5.16. The summed E-state index contributed by atoms with van der Waals surface area (Å²) in [6, 6.07) is 9.94. The summed E-state index contributed by atoms with van der Waals surface area (Å²) >= 11 is 6.56. The second-order valence-corrected chi connectivity index (χ2v) is 8.03. The molecule has 0 saturated heterocycles. The number of aromatic nitrogens is 7.